The van der Waals surface area contributed by atoms with E-state index in [2.05, 4.69) is 33.5 Å². The maximum Gasteiger partial charge on any atom is 0.149 e. The van der Waals surface area contributed by atoms with Crippen LogP contribution in [-0.4, -0.2) is 32.8 Å². The van der Waals surface area contributed by atoms with Gasteiger partial charge in [-0.3, -0.25) is 4.90 Å². The zero-order chi connectivity index (χ0) is 11.5. The van der Waals surface area contributed by atoms with Gasteiger partial charge in [0.1, 0.15) is 12.2 Å². The lowest BCUT2D eigenvalue weighted by molar-refractivity contribution is 0.124. The molecule has 4 nitrogen and oxygen atoms in total. The number of aromatic nitrogens is 3. The molecule has 1 fully saturated rings. The first-order valence-corrected chi connectivity index (χ1v) is 6.26. The van der Waals surface area contributed by atoms with Crippen LogP contribution in [0.3, 0.4) is 0 Å². The van der Waals surface area contributed by atoms with Crippen LogP contribution in [0.15, 0.2) is 6.33 Å². The average Bonchev–Trinajstić information content (AvgIpc) is 2.64. The first kappa shape index (κ1) is 11.6. The Hall–Kier alpha value is -0.900. The van der Waals surface area contributed by atoms with Crippen molar-refractivity contribution in [2.45, 2.75) is 39.2 Å². The molecule has 16 heavy (non-hydrogen) atoms. The van der Waals surface area contributed by atoms with E-state index in [4.69, 9.17) is 0 Å². The molecule has 0 spiro atoms. The van der Waals surface area contributed by atoms with Gasteiger partial charge < -0.3 is 4.57 Å². The molecule has 0 radical (unpaired) electrons. The summed E-state index contributed by atoms with van der Waals surface area (Å²) in [6, 6.07) is 0.476. The van der Waals surface area contributed by atoms with Gasteiger partial charge in [0.15, 0.2) is 0 Å². The van der Waals surface area contributed by atoms with Crippen LogP contribution in [0.2, 0.25) is 0 Å². The molecule has 1 aromatic heterocycles. The molecule has 1 aromatic rings. The minimum atomic E-state index is 0.476. The lowest BCUT2D eigenvalue weighted by Gasteiger charge is -2.35. The summed E-state index contributed by atoms with van der Waals surface area (Å²) in [5.74, 6) is 1.84. The second-order valence-corrected chi connectivity index (χ2v) is 5.20. The Morgan fingerprint density at radius 3 is 2.88 bits per heavy atom. The fraction of sp³-hybridized carbons (Fsp3) is 0.833. The number of likely N-dealkylation sites (tertiary alicyclic amines) is 1. The Morgan fingerprint density at radius 1 is 1.44 bits per heavy atom. The van der Waals surface area contributed by atoms with Crippen molar-refractivity contribution >= 4 is 0 Å². The molecule has 0 bridgehead atoms. The van der Waals surface area contributed by atoms with E-state index >= 15 is 0 Å². The van der Waals surface area contributed by atoms with Gasteiger partial charge in [0.05, 0.1) is 6.04 Å². The Kier molecular flexibility index (Phi) is 3.59. The highest BCUT2D eigenvalue weighted by Gasteiger charge is 2.27. The van der Waals surface area contributed by atoms with Crippen molar-refractivity contribution in [1.82, 2.24) is 19.7 Å². The number of piperidine rings is 1. The summed E-state index contributed by atoms with van der Waals surface area (Å²) in [6.07, 6.45) is 5.66. The summed E-state index contributed by atoms with van der Waals surface area (Å²) < 4.78 is 2.06. The minimum absolute atomic E-state index is 0.476. The van der Waals surface area contributed by atoms with Gasteiger partial charge >= 0.3 is 0 Å². The predicted octanol–water partition coefficient (Wildman–Crippen LogP) is 2.00. The van der Waals surface area contributed by atoms with Crippen LogP contribution in [0.4, 0.5) is 0 Å². The molecule has 1 atom stereocenters. The second-order valence-electron chi connectivity index (χ2n) is 5.20. The van der Waals surface area contributed by atoms with E-state index in [1.807, 2.05) is 7.05 Å². The van der Waals surface area contributed by atoms with Crippen LogP contribution < -0.4 is 0 Å². The average molecular weight is 222 g/mol. The summed E-state index contributed by atoms with van der Waals surface area (Å²) in [5, 5.41) is 8.27. The van der Waals surface area contributed by atoms with Crippen molar-refractivity contribution in [2.75, 3.05) is 13.1 Å². The molecule has 1 saturated heterocycles. The Labute approximate surface area is 97.7 Å². The molecule has 2 rings (SSSR count). The van der Waals surface area contributed by atoms with Crippen LogP contribution in [-0.2, 0) is 7.05 Å². The molecule has 0 aliphatic carbocycles. The van der Waals surface area contributed by atoms with Gasteiger partial charge in [-0.05, 0) is 25.3 Å². The van der Waals surface area contributed by atoms with Crippen LogP contribution in [0.5, 0.6) is 0 Å². The topological polar surface area (TPSA) is 34.0 Å². The van der Waals surface area contributed by atoms with Crippen LogP contribution in [0.25, 0.3) is 0 Å². The van der Waals surface area contributed by atoms with Crippen molar-refractivity contribution < 1.29 is 0 Å². The van der Waals surface area contributed by atoms with E-state index in [0.29, 0.717) is 12.0 Å². The lowest BCUT2D eigenvalue weighted by atomic mass is 10.00. The third-order valence-electron chi connectivity index (χ3n) is 3.26. The van der Waals surface area contributed by atoms with Gasteiger partial charge in [0.25, 0.3) is 0 Å². The van der Waals surface area contributed by atoms with Gasteiger partial charge in [0, 0.05) is 13.6 Å². The Morgan fingerprint density at radius 2 is 2.25 bits per heavy atom. The van der Waals surface area contributed by atoms with Gasteiger partial charge in [-0.15, -0.1) is 10.2 Å². The SMILES string of the molecule is CC(C)CN1CCCC[C@@H]1c1nncn1C. The number of hydrogen-bond donors (Lipinski definition) is 0. The fourth-order valence-electron chi connectivity index (χ4n) is 2.56. The number of rotatable bonds is 3. The molecule has 0 aromatic carbocycles. The molecule has 0 saturated carbocycles. The smallest absolute Gasteiger partial charge is 0.149 e. The minimum Gasteiger partial charge on any atom is -0.319 e. The maximum absolute atomic E-state index is 4.27. The quantitative estimate of drug-likeness (QED) is 0.784. The van der Waals surface area contributed by atoms with Crippen molar-refractivity contribution in [1.29, 1.82) is 0 Å². The highest BCUT2D eigenvalue weighted by molar-refractivity contribution is 4.97. The van der Waals surface area contributed by atoms with Crippen molar-refractivity contribution in [3.63, 3.8) is 0 Å². The molecular formula is C12H22N4. The first-order valence-electron chi connectivity index (χ1n) is 6.26. The van der Waals surface area contributed by atoms with Crippen molar-refractivity contribution in [3.05, 3.63) is 12.2 Å². The monoisotopic (exact) mass is 222 g/mol. The molecule has 90 valence electrons. The predicted molar refractivity (Wildman–Crippen MR) is 64.0 cm³/mol. The summed E-state index contributed by atoms with van der Waals surface area (Å²) >= 11 is 0. The molecule has 4 heteroatoms. The van der Waals surface area contributed by atoms with Gasteiger partial charge in [0.2, 0.25) is 0 Å². The van der Waals surface area contributed by atoms with E-state index in [-0.39, 0.29) is 0 Å². The normalized spacial score (nSPS) is 22.9. The highest BCUT2D eigenvalue weighted by atomic mass is 15.3. The van der Waals surface area contributed by atoms with Crippen LogP contribution >= 0.6 is 0 Å². The van der Waals surface area contributed by atoms with Crippen molar-refractivity contribution in [2.24, 2.45) is 13.0 Å². The molecule has 0 N–H and O–H groups in total. The molecule has 1 aliphatic rings. The summed E-state index contributed by atoms with van der Waals surface area (Å²) in [5.41, 5.74) is 0. The van der Waals surface area contributed by atoms with E-state index in [0.717, 1.165) is 12.4 Å². The van der Waals surface area contributed by atoms with E-state index in [1.54, 1.807) is 6.33 Å². The summed E-state index contributed by atoms with van der Waals surface area (Å²) in [4.78, 5) is 2.57. The number of aryl methyl sites for hydroxylation is 1. The summed E-state index contributed by atoms with van der Waals surface area (Å²) in [6.45, 7) is 6.93. The van der Waals surface area contributed by atoms with Gasteiger partial charge in [-0.2, -0.15) is 0 Å². The number of nitrogens with zero attached hydrogens (tertiary/aromatic N) is 4. The maximum atomic E-state index is 4.27. The molecule has 2 heterocycles. The second kappa shape index (κ2) is 4.95. The molecular weight excluding hydrogens is 200 g/mol. The first-order chi connectivity index (χ1) is 7.68. The molecule has 0 unspecified atom stereocenters. The van der Waals surface area contributed by atoms with Gasteiger partial charge in [-0.1, -0.05) is 20.3 Å². The molecule has 0 amide bonds. The standard InChI is InChI=1S/C12H22N4/c1-10(2)8-16-7-5-4-6-11(16)12-14-13-9-15(12)3/h9-11H,4-8H2,1-3H3/t11-/m1/s1. The highest BCUT2D eigenvalue weighted by Crippen LogP contribution is 2.29. The summed E-state index contributed by atoms with van der Waals surface area (Å²) in [7, 11) is 2.04. The number of hydrogen-bond acceptors (Lipinski definition) is 3. The van der Waals surface area contributed by atoms with Crippen LogP contribution in [0, 0.1) is 5.92 Å². The third-order valence-corrected chi connectivity index (χ3v) is 3.26. The largest absolute Gasteiger partial charge is 0.319 e. The zero-order valence-electron chi connectivity index (χ0n) is 10.6. The van der Waals surface area contributed by atoms with E-state index in [9.17, 15) is 0 Å². The van der Waals surface area contributed by atoms with E-state index in [1.165, 1.54) is 25.8 Å². The Balaban J connectivity index is 2.13. The van der Waals surface area contributed by atoms with Crippen molar-refractivity contribution in [3.8, 4) is 0 Å². The Bertz CT molecular complexity index is 332. The molecule has 1 aliphatic heterocycles. The van der Waals surface area contributed by atoms with Gasteiger partial charge in [-0.25, -0.2) is 0 Å². The van der Waals surface area contributed by atoms with Crippen LogP contribution in [0.1, 0.15) is 45.0 Å². The zero-order valence-corrected chi connectivity index (χ0v) is 10.6. The third kappa shape index (κ3) is 2.43. The van der Waals surface area contributed by atoms with E-state index < -0.39 is 0 Å². The lowest BCUT2D eigenvalue weighted by Crippen LogP contribution is -2.37. The fourth-order valence-corrected chi connectivity index (χ4v) is 2.56.